The lowest BCUT2D eigenvalue weighted by Gasteiger charge is -2.29. The highest BCUT2D eigenvalue weighted by Crippen LogP contribution is 2.39. The summed E-state index contributed by atoms with van der Waals surface area (Å²) in [6, 6.07) is 22.5. The number of allylic oxidation sites excluding steroid dienone is 1. The van der Waals surface area contributed by atoms with Gasteiger partial charge in [-0.3, -0.25) is 4.79 Å². The van der Waals surface area contributed by atoms with Gasteiger partial charge in [-0.15, -0.1) is 5.10 Å². The van der Waals surface area contributed by atoms with E-state index in [1.54, 1.807) is 18.9 Å². The molecule has 0 saturated heterocycles. The zero-order chi connectivity index (χ0) is 25.2. The SMILES string of the molecule is COc1ccc(C2C(C(=O)Nc3ccccc3)=C(C)Nc3nc(-c4ccc(C)cc4)nn32)cc1OC. The van der Waals surface area contributed by atoms with Crippen LogP contribution in [-0.2, 0) is 4.79 Å². The van der Waals surface area contributed by atoms with Crippen LogP contribution in [0.25, 0.3) is 11.4 Å². The van der Waals surface area contributed by atoms with E-state index in [9.17, 15) is 4.79 Å². The zero-order valence-electron chi connectivity index (χ0n) is 20.6. The van der Waals surface area contributed by atoms with Crippen molar-refractivity contribution in [3.05, 3.63) is 95.2 Å². The topological polar surface area (TPSA) is 90.3 Å². The zero-order valence-corrected chi connectivity index (χ0v) is 20.6. The molecule has 36 heavy (non-hydrogen) atoms. The van der Waals surface area contributed by atoms with Gasteiger partial charge >= 0.3 is 0 Å². The standard InChI is InChI=1S/C28H27N5O3/c1-17-10-12-19(13-11-17)26-31-28-29-18(2)24(27(34)30-21-8-6-5-7-9-21)25(33(28)32-26)20-14-15-22(35-3)23(16-20)36-4/h5-16,25H,1-4H3,(H,30,34)(H,29,31,32). The molecular formula is C28H27N5O3. The number of amides is 1. The van der Waals surface area contributed by atoms with Gasteiger partial charge in [0.25, 0.3) is 5.91 Å². The number of para-hydroxylation sites is 1. The molecule has 182 valence electrons. The number of nitrogens with one attached hydrogen (secondary N) is 2. The third kappa shape index (κ3) is 4.29. The van der Waals surface area contributed by atoms with Crippen molar-refractivity contribution in [1.82, 2.24) is 14.8 Å². The van der Waals surface area contributed by atoms with E-state index in [4.69, 9.17) is 19.6 Å². The summed E-state index contributed by atoms with van der Waals surface area (Å²) >= 11 is 0. The molecule has 0 radical (unpaired) electrons. The number of fused-ring (bicyclic) bond motifs is 1. The van der Waals surface area contributed by atoms with Crippen molar-refractivity contribution in [3.8, 4) is 22.9 Å². The van der Waals surface area contributed by atoms with Crippen molar-refractivity contribution in [2.45, 2.75) is 19.9 Å². The Balaban J connectivity index is 1.63. The number of methoxy groups -OCH3 is 2. The number of benzene rings is 3. The highest BCUT2D eigenvalue weighted by molar-refractivity contribution is 6.06. The van der Waals surface area contributed by atoms with E-state index >= 15 is 0 Å². The largest absolute Gasteiger partial charge is 0.493 e. The maximum absolute atomic E-state index is 13.6. The predicted octanol–water partition coefficient (Wildman–Crippen LogP) is 5.20. The minimum absolute atomic E-state index is 0.232. The second-order valence-electron chi connectivity index (χ2n) is 8.57. The average molecular weight is 482 g/mol. The van der Waals surface area contributed by atoms with Gasteiger partial charge in [0.05, 0.1) is 19.8 Å². The number of hydrogen-bond acceptors (Lipinski definition) is 6. The molecule has 1 atom stereocenters. The first-order chi connectivity index (χ1) is 17.5. The van der Waals surface area contributed by atoms with E-state index in [-0.39, 0.29) is 5.91 Å². The molecule has 0 fully saturated rings. The second kappa shape index (κ2) is 9.58. The van der Waals surface area contributed by atoms with Crippen molar-refractivity contribution in [2.75, 3.05) is 24.9 Å². The number of rotatable bonds is 6. The van der Waals surface area contributed by atoms with Gasteiger partial charge < -0.3 is 20.1 Å². The van der Waals surface area contributed by atoms with E-state index in [1.807, 2.05) is 86.6 Å². The van der Waals surface area contributed by atoms with Crippen LogP contribution in [0.3, 0.4) is 0 Å². The Hall–Kier alpha value is -4.59. The predicted molar refractivity (Wildman–Crippen MR) is 139 cm³/mol. The molecule has 5 rings (SSSR count). The molecule has 2 heterocycles. The summed E-state index contributed by atoms with van der Waals surface area (Å²) in [5.74, 6) is 2.06. The Bertz CT molecular complexity index is 1440. The molecule has 1 amide bonds. The third-order valence-corrected chi connectivity index (χ3v) is 6.16. The van der Waals surface area contributed by atoms with Crippen molar-refractivity contribution in [2.24, 2.45) is 0 Å². The Morgan fingerprint density at radius 1 is 0.944 bits per heavy atom. The first-order valence-electron chi connectivity index (χ1n) is 11.6. The molecule has 1 aliphatic heterocycles. The maximum atomic E-state index is 13.6. The van der Waals surface area contributed by atoms with E-state index in [2.05, 4.69) is 10.6 Å². The van der Waals surface area contributed by atoms with Crippen molar-refractivity contribution in [3.63, 3.8) is 0 Å². The number of carbonyl (C=O) groups is 1. The summed E-state index contributed by atoms with van der Waals surface area (Å²) in [4.78, 5) is 18.4. The molecule has 3 aromatic carbocycles. The van der Waals surface area contributed by atoms with Crippen LogP contribution in [-0.4, -0.2) is 34.9 Å². The summed E-state index contributed by atoms with van der Waals surface area (Å²) in [6.07, 6.45) is 0. The van der Waals surface area contributed by atoms with Gasteiger partial charge in [0.1, 0.15) is 6.04 Å². The molecule has 8 heteroatoms. The van der Waals surface area contributed by atoms with Crippen LogP contribution in [0.1, 0.15) is 24.1 Å². The van der Waals surface area contributed by atoms with Gasteiger partial charge in [-0.2, -0.15) is 4.98 Å². The molecule has 1 aromatic heterocycles. The van der Waals surface area contributed by atoms with E-state index in [1.165, 1.54) is 0 Å². The second-order valence-corrected chi connectivity index (χ2v) is 8.57. The molecule has 8 nitrogen and oxygen atoms in total. The normalized spacial score (nSPS) is 14.6. The highest BCUT2D eigenvalue weighted by atomic mass is 16.5. The minimum Gasteiger partial charge on any atom is -0.493 e. The number of ether oxygens (including phenoxy) is 2. The van der Waals surface area contributed by atoms with Gasteiger partial charge in [-0.25, -0.2) is 4.68 Å². The quantitative estimate of drug-likeness (QED) is 0.394. The van der Waals surface area contributed by atoms with Crippen LogP contribution in [0, 0.1) is 6.92 Å². The van der Waals surface area contributed by atoms with Gasteiger partial charge in [0, 0.05) is 16.9 Å². The number of aromatic nitrogens is 3. The van der Waals surface area contributed by atoms with E-state index in [0.29, 0.717) is 40.2 Å². The number of hydrogen-bond donors (Lipinski definition) is 2. The highest BCUT2D eigenvalue weighted by Gasteiger charge is 2.35. The fraction of sp³-hybridized carbons (Fsp3) is 0.179. The fourth-order valence-electron chi connectivity index (χ4n) is 4.32. The van der Waals surface area contributed by atoms with Crippen LogP contribution in [0.5, 0.6) is 11.5 Å². The Morgan fingerprint density at radius 3 is 2.36 bits per heavy atom. The molecular weight excluding hydrogens is 454 g/mol. The number of carbonyl (C=O) groups excluding carboxylic acids is 1. The summed E-state index contributed by atoms with van der Waals surface area (Å²) in [5.41, 5.74) is 4.79. The smallest absolute Gasteiger partial charge is 0.255 e. The molecule has 2 N–H and O–H groups in total. The molecule has 1 aliphatic rings. The fourth-order valence-corrected chi connectivity index (χ4v) is 4.32. The van der Waals surface area contributed by atoms with Crippen LogP contribution in [0.2, 0.25) is 0 Å². The lowest BCUT2D eigenvalue weighted by molar-refractivity contribution is -0.113. The van der Waals surface area contributed by atoms with Gasteiger partial charge in [0.2, 0.25) is 5.95 Å². The summed E-state index contributed by atoms with van der Waals surface area (Å²) in [6.45, 7) is 3.91. The number of aryl methyl sites for hydroxylation is 1. The monoisotopic (exact) mass is 481 g/mol. The Morgan fingerprint density at radius 2 is 1.67 bits per heavy atom. The minimum atomic E-state index is -0.545. The summed E-state index contributed by atoms with van der Waals surface area (Å²) in [7, 11) is 3.18. The Labute approximate surface area is 209 Å². The van der Waals surface area contributed by atoms with E-state index < -0.39 is 6.04 Å². The molecule has 0 spiro atoms. The van der Waals surface area contributed by atoms with Crippen LogP contribution in [0.15, 0.2) is 84.1 Å². The first kappa shape index (κ1) is 23.2. The number of anilines is 2. The van der Waals surface area contributed by atoms with Gasteiger partial charge in [-0.1, -0.05) is 54.1 Å². The lowest BCUT2D eigenvalue weighted by Crippen LogP contribution is -2.31. The molecule has 0 bridgehead atoms. The van der Waals surface area contributed by atoms with Crippen LogP contribution >= 0.6 is 0 Å². The molecule has 0 aliphatic carbocycles. The maximum Gasteiger partial charge on any atom is 0.255 e. The third-order valence-electron chi connectivity index (χ3n) is 6.16. The van der Waals surface area contributed by atoms with E-state index in [0.717, 1.165) is 16.7 Å². The van der Waals surface area contributed by atoms with Gasteiger partial charge in [0.15, 0.2) is 17.3 Å². The molecule has 0 saturated carbocycles. The van der Waals surface area contributed by atoms with Gasteiger partial charge in [-0.05, 0) is 43.7 Å². The molecule has 4 aromatic rings. The first-order valence-corrected chi connectivity index (χ1v) is 11.6. The Kier molecular flexibility index (Phi) is 6.16. The average Bonchev–Trinajstić information content (AvgIpc) is 3.31. The summed E-state index contributed by atoms with van der Waals surface area (Å²) < 4.78 is 12.7. The van der Waals surface area contributed by atoms with Crippen LogP contribution < -0.4 is 20.1 Å². The van der Waals surface area contributed by atoms with Crippen molar-refractivity contribution in [1.29, 1.82) is 0 Å². The van der Waals surface area contributed by atoms with Crippen molar-refractivity contribution < 1.29 is 14.3 Å². The summed E-state index contributed by atoms with van der Waals surface area (Å²) in [5, 5.41) is 11.1. The lowest BCUT2D eigenvalue weighted by atomic mass is 9.94. The molecule has 1 unspecified atom stereocenters. The van der Waals surface area contributed by atoms with Crippen LogP contribution in [0.4, 0.5) is 11.6 Å². The van der Waals surface area contributed by atoms with Crippen molar-refractivity contribution >= 4 is 17.5 Å². The number of nitrogens with zero attached hydrogens (tertiary/aromatic N) is 3.